The lowest BCUT2D eigenvalue weighted by molar-refractivity contribution is -0.108. The summed E-state index contributed by atoms with van der Waals surface area (Å²) in [5.41, 5.74) is 1.18. The number of para-hydroxylation sites is 1. The van der Waals surface area contributed by atoms with Crippen LogP contribution < -0.4 is 4.74 Å². The van der Waals surface area contributed by atoms with Crippen LogP contribution in [0, 0.1) is 0 Å². The molecule has 3 heteroatoms. The van der Waals surface area contributed by atoms with Crippen molar-refractivity contribution in [2.75, 3.05) is 27.2 Å². The molecule has 0 amide bonds. The van der Waals surface area contributed by atoms with Crippen LogP contribution in [0.25, 0.3) is 0 Å². The molecule has 1 aromatic rings. The molecule has 3 nitrogen and oxygen atoms in total. The Morgan fingerprint density at radius 2 is 2.13 bits per heavy atom. The third-order valence-electron chi connectivity index (χ3n) is 2.34. The Labute approximate surface area is 90.7 Å². The van der Waals surface area contributed by atoms with E-state index in [1.807, 2.05) is 36.2 Å². The molecule has 0 saturated heterocycles. The second-order valence-corrected chi connectivity index (χ2v) is 3.49. The van der Waals surface area contributed by atoms with E-state index in [4.69, 9.17) is 4.74 Å². The summed E-state index contributed by atoms with van der Waals surface area (Å²) in [6, 6.07) is 7.96. The van der Waals surface area contributed by atoms with Gasteiger partial charge in [-0.05, 0) is 25.1 Å². The molecule has 0 unspecified atom stereocenters. The van der Waals surface area contributed by atoms with Crippen molar-refractivity contribution < 1.29 is 9.53 Å². The van der Waals surface area contributed by atoms with Crippen LogP contribution in [0.1, 0.15) is 5.56 Å². The van der Waals surface area contributed by atoms with Crippen molar-refractivity contribution in [1.82, 2.24) is 4.90 Å². The average Bonchev–Trinajstić information content (AvgIpc) is 2.27. The first-order chi connectivity index (χ1) is 7.27. The molecular weight excluding hydrogens is 190 g/mol. The minimum absolute atomic E-state index is 0.481. The third-order valence-corrected chi connectivity index (χ3v) is 2.34. The number of hydrogen-bond donors (Lipinski definition) is 0. The van der Waals surface area contributed by atoms with Crippen molar-refractivity contribution in [3.63, 3.8) is 0 Å². The Balaban J connectivity index is 2.52. The predicted octanol–water partition coefficient (Wildman–Crippen LogP) is 1.37. The van der Waals surface area contributed by atoms with Crippen LogP contribution in [0.5, 0.6) is 5.75 Å². The molecule has 0 fully saturated rings. The maximum absolute atomic E-state index is 10.3. The summed E-state index contributed by atoms with van der Waals surface area (Å²) in [7, 11) is 3.61. The quantitative estimate of drug-likeness (QED) is 0.660. The standard InChI is InChI=1S/C12H17NO2/c1-13(9-10-14)8-7-11-5-3-4-6-12(11)15-2/h3-6,10H,7-9H2,1-2H3. The number of rotatable bonds is 6. The van der Waals surface area contributed by atoms with Crippen LogP contribution in [0.15, 0.2) is 24.3 Å². The highest BCUT2D eigenvalue weighted by atomic mass is 16.5. The summed E-state index contributed by atoms with van der Waals surface area (Å²) in [6.07, 6.45) is 1.82. The number of carbonyl (C=O) groups excluding carboxylic acids is 1. The predicted molar refractivity (Wildman–Crippen MR) is 60.3 cm³/mol. The molecule has 0 radical (unpaired) electrons. The zero-order valence-corrected chi connectivity index (χ0v) is 9.27. The molecule has 0 atom stereocenters. The van der Waals surface area contributed by atoms with Crippen LogP contribution in [0.2, 0.25) is 0 Å². The van der Waals surface area contributed by atoms with Gasteiger partial charge in [-0.1, -0.05) is 18.2 Å². The summed E-state index contributed by atoms with van der Waals surface area (Å²) in [5.74, 6) is 0.914. The lowest BCUT2D eigenvalue weighted by atomic mass is 10.1. The van der Waals surface area contributed by atoms with Crippen LogP contribution in [0.4, 0.5) is 0 Å². The Kier molecular flexibility index (Phi) is 4.84. The van der Waals surface area contributed by atoms with Gasteiger partial charge in [-0.3, -0.25) is 4.90 Å². The Morgan fingerprint density at radius 1 is 1.40 bits per heavy atom. The molecule has 0 aliphatic heterocycles. The number of nitrogens with zero attached hydrogens (tertiary/aromatic N) is 1. The van der Waals surface area contributed by atoms with Gasteiger partial charge in [0.2, 0.25) is 0 Å². The van der Waals surface area contributed by atoms with Crippen LogP contribution in [-0.4, -0.2) is 38.4 Å². The van der Waals surface area contributed by atoms with Gasteiger partial charge in [0.15, 0.2) is 0 Å². The topological polar surface area (TPSA) is 29.5 Å². The fraction of sp³-hybridized carbons (Fsp3) is 0.417. The molecule has 0 aliphatic rings. The molecule has 0 aliphatic carbocycles. The molecule has 1 aromatic carbocycles. The molecule has 82 valence electrons. The number of carbonyl (C=O) groups is 1. The highest BCUT2D eigenvalue weighted by Gasteiger charge is 2.03. The minimum atomic E-state index is 0.481. The van der Waals surface area contributed by atoms with E-state index in [1.54, 1.807) is 7.11 Å². The van der Waals surface area contributed by atoms with Gasteiger partial charge >= 0.3 is 0 Å². The highest BCUT2D eigenvalue weighted by molar-refractivity contribution is 5.51. The molecule has 0 aromatic heterocycles. The van der Waals surface area contributed by atoms with E-state index in [0.29, 0.717) is 6.54 Å². The number of methoxy groups -OCH3 is 1. The monoisotopic (exact) mass is 207 g/mol. The van der Waals surface area contributed by atoms with E-state index in [9.17, 15) is 4.79 Å². The smallest absolute Gasteiger partial charge is 0.133 e. The van der Waals surface area contributed by atoms with E-state index in [2.05, 4.69) is 0 Å². The summed E-state index contributed by atoms with van der Waals surface area (Å²) in [6.45, 7) is 1.34. The number of ether oxygens (including phenoxy) is 1. The Hall–Kier alpha value is -1.35. The van der Waals surface area contributed by atoms with Gasteiger partial charge in [0.05, 0.1) is 13.7 Å². The average molecular weight is 207 g/mol. The lowest BCUT2D eigenvalue weighted by Crippen LogP contribution is -2.23. The first-order valence-electron chi connectivity index (χ1n) is 5.02. The van der Waals surface area contributed by atoms with Crippen LogP contribution in [-0.2, 0) is 11.2 Å². The fourth-order valence-electron chi connectivity index (χ4n) is 1.44. The molecule has 15 heavy (non-hydrogen) atoms. The van der Waals surface area contributed by atoms with Gasteiger partial charge in [0.25, 0.3) is 0 Å². The second kappa shape index (κ2) is 6.19. The van der Waals surface area contributed by atoms with Gasteiger partial charge in [0.1, 0.15) is 12.0 Å². The molecule has 0 spiro atoms. The van der Waals surface area contributed by atoms with Crippen molar-refractivity contribution in [2.24, 2.45) is 0 Å². The summed E-state index contributed by atoms with van der Waals surface area (Å²) >= 11 is 0. The zero-order valence-electron chi connectivity index (χ0n) is 9.27. The molecule has 0 heterocycles. The SMILES string of the molecule is COc1ccccc1CCN(C)CC=O. The van der Waals surface area contributed by atoms with Crippen molar-refractivity contribution in [3.05, 3.63) is 29.8 Å². The number of aldehydes is 1. The lowest BCUT2D eigenvalue weighted by Gasteiger charge is -2.14. The van der Waals surface area contributed by atoms with E-state index in [0.717, 1.165) is 25.0 Å². The van der Waals surface area contributed by atoms with E-state index in [1.165, 1.54) is 5.56 Å². The van der Waals surface area contributed by atoms with Crippen molar-refractivity contribution in [2.45, 2.75) is 6.42 Å². The first kappa shape index (κ1) is 11.7. The van der Waals surface area contributed by atoms with E-state index in [-0.39, 0.29) is 0 Å². The Bertz CT molecular complexity index is 312. The number of likely N-dealkylation sites (N-methyl/N-ethyl adjacent to an activating group) is 1. The molecule has 0 N–H and O–H groups in total. The normalized spacial score (nSPS) is 10.3. The maximum atomic E-state index is 10.3. The highest BCUT2D eigenvalue weighted by Crippen LogP contribution is 2.17. The van der Waals surface area contributed by atoms with Crippen molar-refractivity contribution >= 4 is 6.29 Å². The molecular formula is C12H17NO2. The molecule has 0 bridgehead atoms. The third kappa shape index (κ3) is 3.72. The Morgan fingerprint density at radius 3 is 2.80 bits per heavy atom. The van der Waals surface area contributed by atoms with E-state index >= 15 is 0 Å². The molecule has 0 saturated carbocycles. The fourth-order valence-corrected chi connectivity index (χ4v) is 1.44. The van der Waals surface area contributed by atoms with Gasteiger partial charge in [-0.25, -0.2) is 0 Å². The summed E-state index contributed by atoms with van der Waals surface area (Å²) < 4.78 is 5.25. The largest absolute Gasteiger partial charge is 0.496 e. The van der Waals surface area contributed by atoms with Gasteiger partial charge < -0.3 is 9.53 Å². The van der Waals surface area contributed by atoms with Crippen LogP contribution >= 0.6 is 0 Å². The number of hydrogen-bond acceptors (Lipinski definition) is 3. The second-order valence-electron chi connectivity index (χ2n) is 3.49. The van der Waals surface area contributed by atoms with Crippen LogP contribution in [0.3, 0.4) is 0 Å². The van der Waals surface area contributed by atoms with E-state index < -0.39 is 0 Å². The van der Waals surface area contributed by atoms with Crippen molar-refractivity contribution in [3.8, 4) is 5.75 Å². The number of benzene rings is 1. The van der Waals surface area contributed by atoms with Gasteiger partial charge in [-0.2, -0.15) is 0 Å². The first-order valence-corrected chi connectivity index (χ1v) is 5.02. The van der Waals surface area contributed by atoms with Crippen molar-refractivity contribution in [1.29, 1.82) is 0 Å². The maximum Gasteiger partial charge on any atom is 0.133 e. The zero-order chi connectivity index (χ0) is 11.1. The van der Waals surface area contributed by atoms with Gasteiger partial charge in [-0.15, -0.1) is 0 Å². The minimum Gasteiger partial charge on any atom is -0.496 e. The summed E-state index contributed by atoms with van der Waals surface area (Å²) in [5, 5.41) is 0. The van der Waals surface area contributed by atoms with Gasteiger partial charge in [0, 0.05) is 6.54 Å². The summed E-state index contributed by atoms with van der Waals surface area (Å²) in [4.78, 5) is 12.3. The molecule has 1 rings (SSSR count).